The number of nitrogens with one attached hydrogen (secondary N) is 4. The molecule has 3 aromatic rings. The fourth-order valence-electron chi connectivity index (χ4n) is 4.40. The average molecular weight is 605 g/mol. The lowest BCUT2D eigenvalue weighted by Crippen LogP contribution is -2.45. The third-order valence-corrected chi connectivity index (χ3v) is 7.25. The molecule has 13 heteroatoms. The number of anilines is 2. The van der Waals surface area contributed by atoms with E-state index in [1.54, 1.807) is 12.3 Å². The molecule has 220 valence electrons. The monoisotopic (exact) mass is 603 g/mol. The van der Waals surface area contributed by atoms with Gasteiger partial charge in [-0.15, -0.1) is 0 Å². The summed E-state index contributed by atoms with van der Waals surface area (Å²) in [4.78, 5) is 26.0. The Morgan fingerprint density at radius 2 is 1.83 bits per heavy atom. The standard InChI is InChI=1S/C28H35Cl2N7O4/c1-6-22(38)34-18-13-41-14-19(18)36-28-33-12-16-10-17(23-24(29)20(39-4)11-21(40-5)25(23)30)35-27(26(16)37-28)32-9-7-8-31-15(2)3/h6,10-12,15,18-19,31H,1,7-9,13-14H2,2-5H3,(H,32,35)(H,34,38)(H,33,36,37). The number of carbonyl (C=O) groups is 1. The number of nitrogens with zero attached hydrogens (tertiary/aromatic N) is 3. The molecule has 3 heterocycles. The molecule has 0 aliphatic carbocycles. The summed E-state index contributed by atoms with van der Waals surface area (Å²) in [5, 5.41) is 14.3. The fourth-order valence-corrected chi connectivity index (χ4v) is 5.10. The summed E-state index contributed by atoms with van der Waals surface area (Å²) >= 11 is 13.4. The van der Waals surface area contributed by atoms with Crippen LogP contribution in [0.25, 0.3) is 22.2 Å². The number of fused-ring (bicyclic) bond motifs is 1. The van der Waals surface area contributed by atoms with E-state index in [-0.39, 0.29) is 18.0 Å². The number of ether oxygens (including phenoxy) is 3. The van der Waals surface area contributed by atoms with E-state index < -0.39 is 0 Å². The number of hydrogen-bond donors (Lipinski definition) is 4. The van der Waals surface area contributed by atoms with Gasteiger partial charge < -0.3 is 35.5 Å². The summed E-state index contributed by atoms with van der Waals surface area (Å²) in [6.07, 6.45) is 3.80. The summed E-state index contributed by atoms with van der Waals surface area (Å²) in [7, 11) is 3.05. The van der Waals surface area contributed by atoms with Crippen molar-refractivity contribution in [3.8, 4) is 22.8 Å². The predicted octanol–water partition coefficient (Wildman–Crippen LogP) is 4.30. The predicted molar refractivity (Wildman–Crippen MR) is 162 cm³/mol. The quantitative estimate of drug-likeness (QED) is 0.166. The summed E-state index contributed by atoms with van der Waals surface area (Å²) in [6, 6.07) is 3.38. The van der Waals surface area contributed by atoms with E-state index >= 15 is 0 Å². The Balaban J connectivity index is 1.72. The van der Waals surface area contributed by atoms with E-state index in [1.807, 2.05) is 6.07 Å². The molecule has 0 radical (unpaired) electrons. The van der Waals surface area contributed by atoms with Gasteiger partial charge in [-0.3, -0.25) is 4.79 Å². The molecule has 1 aromatic carbocycles. The zero-order valence-electron chi connectivity index (χ0n) is 23.5. The number of amides is 1. The van der Waals surface area contributed by atoms with Crippen molar-refractivity contribution in [1.29, 1.82) is 0 Å². The minimum atomic E-state index is -0.270. The first-order valence-electron chi connectivity index (χ1n) is 13.3. The van der Waals surface area contributed by atoms with Crippen LogP contribution < -0.4 is 30.7 Å². The van der Waals surface area contributed by atoms with Gasteiger partial charge in [0, 0.05) is 35.8 Å². The summed E-state index contributed by atoms with van der Waals surface area (Å²) in [5.74, 6) is 1.47. The van der Waals surface area contributed by atoms with Gasteiger partial charge in [0.05, 0.1) is 55.3 Å². The first-order valence-corrected chi connectivity index (χ1v) is 14.0. The largest absolute Gasteiger partial charge is 0.495 e. The Kier molecular flexibility index (Phi) is 10.4. The molecule has 2 aromatic heterocycles. The van der Waals surface area contributed by atoms with E-state index in [0.717, 1.165) is 18.4 Å². The van der Waals surface area contributed by atoms with Crippen molar-refractivity contribution >= 4 is 51.8 Å². The normalized spacial score (nSPS) is 16.6. The summed E-state index contributed by atoms with van der Waals surface area (Å²) in [6.45, 7) is 9.98. The molecule has 4 N–H and O–H groups in total. The fraction of sp³-hybridized carbons (Fsp3) is 0.429. The number of aromatic nitrogens is 3. The maximum Gasteiger partial charge on any atom is 0.243 e. The zero-order chi connectivity index (χ0) is 29.5. The van der Waals surface area contributed by atoms with Crippen molar-refractivity contribution in [2.45, 2.75) is 38.4 Å². The van der Waals surface area contributed by atoms with Gasteiger partial charge >= 0.3 is 0 Å². The molecule has 1 fully saturated rings. The van der Waals surface area contributed by atoms with E-state index in [1.165, 1.54) is 20.3 Å². The Bertz CT molecular complexity index is 1380. The van der Waals surface area contributed by atoms with Crippen LogP contribution >= 0.6 is 23.2 Å². The van der Waals surface area contributed by atoms with E-state index in [2.05, 4.69) is 46.7 Å². The first kappa shape index (κ1) is 30.6. The van der Waals surface area contributed by atoms with Crippen LogP contribution in [0.5, 0.6) is 11.5 Å². The lowest BCUT2D eigenvalue weighted by atomic mass is 10.1. The van der Waals surface area contributed by atoms with Crippen LogP contribution in [0.1, 0.15) is 20.3 Å². The molecule has 2 atom stereocenters. The second kappa shape index (κ2) is 14.0. The van der Waals surface area contributed by atoms with Gasteiger partial charge in [0.15, 0.2) is 5.82 Å². The maximum absolute atomic E-state index is 11.8. The van der Waals surface area contributed by atoms with Crippen LogP contribution in [0, 0.1) is 0 Å². The number of benzene rings is 1. The molecule has 0 saturated carbocycles. The molecule has 1 amide bonds. The molecule has 0 bridgehead atoms. The number of methoxy groups -OCH3 is 2. The minimum absolute atomic E-state index is 0.219. The highest BCUT2D eigenvalue weighted by molar-refractivity contribution is 6.41. The third-order valence-electron chi connectivity index (χ3n) is 6.50. The van der Waals surface area contributed by atoms with Gasteiger partial charge in [0.2, 0.25) is 11.9 Å². The average Bonchev–Trinajstić information content (AvgIpc) is 3.38. The Labute approximate surface area is 249 Å². The highest BCUT2D eigenvalue weighted by Crippen LogP contribution is 2.46. The summed E-state index contributed by atoms with van der Waals surface area (Å²) < 4.78 is 16.5. The smallest absolute Gasteiger partial charge is 0.243 e. The minimum Gasteiger partial charge on any atom is -0.495 e. The molecular weight excluding hydrogens is 569 g/mol. The number of hydrogen-bond acceptors (Lipinski definition) is 10. The van der Waals surface area contributed by atoms with Crippen molar-refractivity contribution in [2.75, 3.05) is 51.2 Å². The van der Waals surface area contributed by atoms with Crippen molar-refractivity contribution in [1.82, 2.24) is 25.6 Å². The second-order valence-electron chi connectivity index (χ2n) is 9.77. The Morgan fingerprint density at radius 3 is 2.49 bits per heavy atom. The molecule has 4 rings (SSSR count). The molecule has 2 unspecified atom stereocenters. The first-order chi connectivity index (χ1) is 19.7. The van der Waals surface area contributed by atoms with Gasteiger partial charge in [-0.2, -0.15) is 0 Å². The number of carbonyl (C=O) groups excluding carboxylic acids is 1. The van der Waals surface area contributed by atoms with Crippen molar-refractivity contribution < 1.29 is 19.0 Å². The molecule has 11 nitrogen and oxygen atoms in total. The van der Waals surface area contributed by atoms with E-state index in [0.29, 0.717) is 75.9 Å². The molecule has 1 saturated heterocycles. The van der Waals surface area contributed by atoms with E-state index in [9.17, 15) is 4.79 Å². The lowest BCUT2D eigenvalue weighted by Gasteiger charge is -2.20. The SMILES string of the molecule is C=CC(=O)NC1COCC1Nc1ncc2cc(-c3c(Cl)c(OC)cc(OC)c3Cl)nc(NCCCNC(C)C)c2n1. The molecule has 1 aliphatic rings. The Morgan fingerprint density at radius 1 is 1.12 bits per heavy atom. The molecule has 1 aliphatic heterocycles. The van der Waals surface area contributed by atoms with Crippen molar-refractivity contribution in [3.05, 3.63) is 41.0 Å². The third kappa shape index (κ3) is 7.28. The van der Waals surface area contributed by atoms with Crippen LogP contribution in [0.2, 0.25) is 10.0 Å². The number of pyridine rings is 1. The van der Waals surface area contributed by atoms with Crippen molar-refractivity contribution in [2.24, 2.45) is 0 Å². The van der Waals surface area contributed by atoms with Crippen LogP contribution in [0.15, 0.2) is 31.0 Å². The van der Waals surface area contributed by atoms with Gasteiger partial charge in [-0.1, -0.05) is 43.6 Å². The van der Waals surface area contributed by atoms with Gasteiger partial charge in [0.25, 0.3) is 0 Å². The molecule has 41 heavy (non-hydrogen) atoms. The van der Waals surface area contributed by atoms with Crippen molar-refractivity contribution in [3.63, 3.8) is 0 Å². The topological polar surface area (TPSA) is 132 Å². The molecule has 0 spiro atoms. The van der Waals surface area contributed by atoms with Gasteiger partial charge in [-0.05, 0) is 25.1 Å². The Hall–Kier alpha value is -3.38. The number of halogens is 2. The maximum atomic E-state index is 11.8. The van der Waals surface area contributed by atoms with Crippen LogP contribution in [-0.4, -0.2) is 79.5 Å². The van der Waals surface area contributed by atoms with Gasteiger partial charge in [-0.25, -0.2) is 15.0 Å². The molecular formula is C28H35Cl2N7O4. The van der Waals surface area contributed by atoms with E-state index in [4.69, 9.17) is 47.4 Å². The van der Waals surface area contributed by atoms with Crippen LogP contribution in [-0.2, 0) is 9.53 Å². The zero-order valence-corrected chi connectivity index (χ0v) is 25.0. The summed E-state index contributed by atoms with van der Waals surface area (Å²) in [5.41, 5.74) is 1.59. The number of rotatable bonds is 13. The highest BCUT2D eigenvalue weighted by atomic mass is 35.5. The second-order valence-corrected chi connectivity index (χ2v) is 10.5. The van der Waals surface area contributed by atoms with Gasteiger partial charge in [0.1, 0.15) is 17.0 Å². The lowest BCUT2D eigenvalue weighted by molar-refractivity contribution is -0.117. The van der Waals surface area contributed by atoms with Crippen LogP contribution in [0.3, 0.4) is 0 Å². The van der Waals surface area contributed by atoms with Crippen LogP contribution in [0.4, 0.5) is 11.8 Å². The highest BCUT2D eigenvalue weighted by Gasteiger charge is 2.30.